The molecule has 1 aromatic carbocycles. The number of ether oxygens (including phenoxy) is 1. The lowest BCUT2D eigenvalue weighted by Gasteiger charge is -2.27. The fraction of sp³-hybridized carbons (Fsp3) is 0.250. The van der Waals surface area contributed by atoms with E-state index in [1.165, 1.54) is 11.1 Å². The third kappa shape index (κ3) is 3.81. The highest BCUT2D eigenvalue weighted by Crippen LogP contribution is 2.47. The molecule has 0 aliphatic heterocycles. The van der Waals surface area contributed by atoms with Crippen LogP contribution in [0.2, 0.25) is 0 Å². The summed E-state index contributed by atoms with van der Waals surface area (Å²) in [5, 5.41) is 21.1. The Hall–Kier alpha value is -3.90. The highest BCUT2D eigenvalue weighted by atomic mass is 16.5. The van der Waals surface area contributed by atoms with Crippen LogP contribution in [-0.2, 0) is 0 Å². The van der Waals surface area contributed by atoms with E-state index in [2.05, 4.69) is 40.4 Å². The molecule has 1 aromatic heterocycles. The molecular weight excluding hydrogens is 374 g/mol. The second kappa shape index (κ2) is 8.23. The van der Waals surface area contributed by atoms with Gasteiger partial charge in [0.15, 0.2) is 0 Å². The Labute approximate surface area is 175 Å². The Morgan fingerprint density at radius 3 is 2.70 bits per heavy atom. The SMILES string of the molecule is CC1=CC2/C(=C/C#N)CCC2C(C)=C1Oc1ccnc(Nc2ccc(C#N)cc2)n1. The fourth-order valence-corrected chi connectivity index (χ4v) is 4.19. The molecule has 1 heterocycles. The first-order chi connectivity index (χ1) is 14.6. The number of hydrogen-bond donors (Lipinski definition) is 1. The van der Waals surface area contributed by atoms with Crippen molar-refractivity contribution in [3.05, 3.63) is 76.7 Å². The van der Waals surface area contributed by atoms with Gasteiger partial charge < -0.3 is 10.1 Å². The van der Waals surface area contributed by atoms with Gasteiger partial charge in [0.1, 0.15) is 5.76 Å². The van der Waals surface area contributed by atoms with Gasteiger partial charge in [-0.3, -0.25) is 0 Å². The summed E-state index contributed by atoms with van der Waals surface area (Å²) in [7, 11) is 0. The minimum atomic E-state index is 0.288. The van der Waals surface area contributed by atoms with Gasteiger partial charge in [-0.1, -0.05) is 11.6 Å². The van der Waals surface area contributed by atoms with Gasteiger partial charge in [0.05, 0.1) is 17.7 Å². The lowest BCUT2D eigenvalue weighted by atomic mass is 9.81. The average Bonchev–Trinajstić information content (AvgIpc) is 3.15. The molecule has 1 saturated carbocycles. The predicted octanol–water partition coefficient (Wildman–Crippen LogP) is 5.18. The summed E-state index contributed by atoms with van der Waals surface area (Å²) in [6.45, 7) is 4.14. The van der Waals surface area contributed by atoms with Gasteiger partial charge in [0.2, 0.25) is 11.8 Å². The molecule has 2 atom stereocenters. The molecular formula is C24H21N5O. The Morgan fingerprint density at radius 2 is 1.97 bits per heavy atom. The summed E-state index contributed by atoms with van der Waals surface area (Å²) in [5.74, 6) is 2.38. The first-order valence-corrected chi connectivity index (χ1v) is 9.85. The van der Waals surface area contributed by atoms with Crippen molar-refractivity contribution < 1.29 is 4.74 Å². The molecule has 1 N–H and O–H groups in total. The van der Waals surface area contributed by atoms with Crippen LogP contribution in [-0.4, -0.2) is 9.97 Å². The zero-order chi connectivity index (χ0) is 21.1. The minimum absolute atomic E-state index is 0.288. The van der Waals surface area contributed by atoms with Gasteiger partial charge >= 0.3 is 0 Å². The summed E-state index contributed by atoms with van der Waals surface area (Å²) < 4.78 is 6.19. The van der Waals surface area contributed by atoms with E-state index in [0.29, 0.717) is 23.3 Å². The van der Waals surface area contributed by atoms with E-state index in [1.807, 2.05) is 19.1 Å². The largest absolute Gasteiger partial charge is 0.439 e. The van der Waals surface area contributed by atoms with E-state index < -0.39 is 0 Å². The van der Waals surface area contributed by atoms with Crippen LogP contribution in [0.1, 0.15) is 32.3 Å². The van der Waals surface area contributed by atoms with Gasteiger partial charge in [-0.15, -0.1) is 0 Å². The first-order valence-electron chi connectivity index (χ1n) is 9.85. The number of aromatic nitrogens is 2. The molecule has 2 aromatic rings. The molecule has 0 saturated heterocycles. The number of anilines is 2. The molecule has 0 amide bonds. The summed E-state index contributed by atoms with van der Waals surface area (Å²) in [4.78, 5) is 8.73. The van der Waals surface area contributed by atoms with Gasteiger partial charge in [0, 0.05) is 29.9 Å². The maximum absolute atomic E-state index is 9.04. The molecule has 1 fully saturated rings. The number of nitrogens with zero attached hydrogens (tertiary/aromatic N) is 4. The molecule has 0 bridgehead atoms. The Bertz CT molecular complexity index is 1150. The van der Waals surface area contributed by atoms with Crippen molar-refractivity contribution in [3.63, 3.8) is 0 Å². The number of benzene rings is 1. The molecule has 2 unspecified atom stereocenters. The molecule has 6 nitrogen and oxygen atoms in total. The van der Waals surface area contributed by atoms with Crippen molar-refractivity contribution in [3.8, 4) is 18.0 Å². The monoisotopic (exact) mass is 395 g/mol. The van der Waals surface area contributed by atoms with E-state index in [-0.39, 0.29) is 5.92 Å². The van der Waals surface area contributed by atoms with Gasteiger partial charge in [-0.25, -0.2) is 4.98 Å². The van der Waals surface area contributed by atoms with E-state index in [9.17, 15) is 0 Å². The lowest BCUT2D eigenvalue weighted by molar-refractivity contribution is 0.386. The zero-order valence-corrected chi connectivity index (χ0v) is 16.9. The van der Waals surface area contributed by atoms with Crippen LogP contribution in [0.5, 0.6) is 5.88 Å². The minimum Gasteiger partial charge on any atom is -0.439 e. The van der Waals surface area contributed by atoms with E-state index in [0.717, 1.165) is 29.9 Å². The van der Waals surface area contributed by atoms with Gasteiger partial charge in [0.25, 0.3) is 0 Å². The molecule has 0 radical (unpaired) electrons. The lowest BCUT2D eigenvalue weighted by Crippen LogP contribution is -2.18. The van der Waals surface area contributed by atoms with Crippen LogP contribution in [0.25, 0.3) is 0 Å². The van der Waals surface area contributed by atoms with Crippen LogP contribution < -0.4 is 10.1 Å². The fourth-order valence-electron chi connectivity index (χ4n) is 4.19. The van der Waals surface area contributed by atoms with Crippen molar-refractivity contribution in [1.29, 1.82) is 10.5 Å². The van der Waals surface area contributed by atoms with Gasteiger partial charge in [-0.05, 0) is 68.0 Å². The predicted molar refractivity (Wildman–Crippen MR) is 113 cm³/mol. The number of fused-ring (bicyclic) bond motifs is 1. The summed E-state index contributed by atoms with van der Waals surface area (Å²) in [5.41, 5.74) is 4.84. The normalized spacial score (nSPS) is 21.5. The third-order valence-electron chi connectivity index (χ3n) is 5.66. The second-order valence-corrected chi connectivity index (χ2v) is 7.52. The molecule has 0 spiro atoms. The van der Waals surface area contributed by atoms with Crippen LogP contribution in [0, 0.1) is 34.5 Å². The highest BCUT2D eigenvalue weighted by molar-refractivity contribution is 5.55. The van der Waals surface area contributed by atoms with E-state index in [4.69, 9.17) is 15.3 Å². The standard InChI is InChI=1S/C24H21N5O/c1-15-13-21-18(9-11-25)5-8-20(21)16(2)23(15)30-22-10-12-27-24(29-22)28-19-6-3-17(14-26)4-7-19/h3-4,6-7,9-10,12-13,20-21H,5,8H2,1-2H3,(H,27,28,29)/b18-9+. The first kappa shape index (κ1) is 19.4. The molecule has 6 heteroatoms. The second-order valence-electron chi connectivity index (χ2n) is 7.52. The number of hydrogen-bond acceptors (Lipinski definition) is 6. The Kier molecular flexibility index (Phi) is 5.32. The quantitative estimate of drug-likeness (QED) is 0.717. The summed E-state index contributed by atoms with van der Waals surface area (Å²) in [6.07, 6.45) is 7.52. The average molecular weight is 395 g/mol. The Balaban J connectivity index is 1.54. The van der Waals surface area contributed by atoms with Gasteiger partial charge in [-0.2, -0.15) is 15.5 Å². The van der Waals surface area contributed by atoms with Crippen molar-refractivity contribution in [2.75, 3.05) is 5.32 Å². The molecule has 4 rings (SSSR count). The topological polar surface area (TPSA) is 94.6 Å². The number of allylic oxidation sites excluding steroid dienone is 5. The van der Waals surface area contributed by atoms with Crippen molar-refractivity contribution in [1.82, 2.24) is 9.97 Å². The van der Waals surface area contributed by atoms with Crippen molar-refractivity contribution in [2.24, 2.45) is 11.8 Å². The third-order valence-corrected chi connectivity index (χ3v) is 5.66. The highest BCUT2D eigenvalue weighted by Gasteiger charge is 2.36. The van der Waals surface area contributed by atoms with Crippen LogP contribution in [0.4, 0.5) is 11.6 Å². The van der Waals surface area contributed by atoms with Crippen LogP contribution in [0.3, 0.4) is 0 Å². The number of nitriles is 2. The molecule has 2 aliphatic rings. The summed E-state index contributed by atoms with van der Waals surface area (Å²) >= 11 is 0. The van der Waals surface area contributed by atoms with E-state index in [1.54, 1.807) is 30.5 Å². The Morgan fingerprint density at radius 1 is 1.17 bits per heavy atom. The maximum Gasteiger partial charge on any atom is 0.230 e. The number of nitrogens with one attached hydrogen (secondary N) is 1. The zero-order valence-electron chi connectivity index (χ0n) is 16.9. The molecule has 2 aliphatic carbocycles. The van der Waals surface area contributed by atoms with Crippen LogP contribution >= 0.6 is 0 Å². The van der Waals surface area contributed by atoms with Crippen molar-refractivity contribution in [2.45, 2.75) is 26.7 Å². The molecule has 148 valence electrons. The smallest absolute Gasteiger partial charge is 0.230 e. The van der Waals surface area contributed by atoms with E-state index >= 15 is 0 Å². The summed E-state index contributed by atoms with van der Waals surface area (Å²) in [6, 6.07) is 13.1. The number of rotatable bonds is 4. The van der Waals surface area contributed by atoms with Crippen molar-refractivity contribution >= 4 is 11.6 Å². The molecule has 30 heavy (non-hydrogen) atoms. The van der Waals surface area contributed by atoms with Crippen LogP contribution in [0.15, 0.2) is 71.2 Å². The maximum atomic E-state index is 9.04.